The normalized spacial score (nSPS) is 20.0. The van der Waals surface area contributed by atoms with Crippen LogP contribution in [0.4, 0.5) is 0 Å². The fourth-order valence-electron chi connectivity index (χ4n) is 3.04. The Morgan fingerprint density at radius 1 is 1.52 bits per heavy atom. The van der Waals surface area contributed by atoms with Crippen LogP contribution in [0.3, 0.4) is 0 Å². The number of nitrogens with one attached hydrogen (secondary N) is 1. The van der Waals surface area contributed by atoms with Gasteiger partial charge in [0.2, 0.25) is 5.89 Å². The van der Waals surface area contributed by atoms with E-state index < -0.39 is 0 Å². The molecule has 1 atom stereocenters. The summed E-state index contributed by atoms with van der Waals surface area (Å²) in [5.74, 6) is 2.48. The monoisotopic (exact) mass is 305 g/mol. The van der Waals surface area contributed by atoms with Gasteiger partial charge in [0.15, 0.2) is 0 Å². The van der Waals surface area contributed by atoms with Crippen LogP contribution in [0.1, 0.15) is 24.3 Å². The maximum absolute atomic E-state index is 5.84. The number of aryl methyl sites for hydroxylation is 1. The number of piperidine rings is 1. The van der Waals surface area contributed by atoms with E-state index in [0.717, 1.165) is 47.8 Å². The zero-order valence-electron chi connectivity index (χ0n) is 12.8. The van der Waals surface area contributed by atoms with E-state index in [-0.39, 0.29) is 0 Å². The van der Waals surface area contributed by atoms with Gasteiger partial charge in [0.25, 0.3) is 0 Å². The highest BCUT2D eigenvalue weighted by molar-refractivity contribution is 7.13. The van der Waals surface area contributed by atoms with Crippen molar-refractivity contribution in [3.8, 4) is 10.8 Å². The first kappa shape index (κ1) is 14.8. The van der Waals surface area contributed by atoms with Gasteiger partial charge in [-0.25, -0.2) is 4.98 Å². The minimum atomic E-state index is 0.757. The number of hydrogen-bond acceptors (Lipinski definition) is 5. The molecule has 1 unspecified atom stereocenters. The third-order valence-corrected chi connectivity index (χ3v) is 4.95. The molecule has 3 heterocycles. The highest BCUT2D eigenvalue weighted by Crippen LogP contribution is 2.27. The Morgan fingerprint density at radius 2 is 2.43 bits per heavy atom. The molecule has 3 rings (SSSR count). The Balaban J connectivity index is 1.67. The van der Waals surface area contributed by atoms with Gasteiger partial charge in [-0.15, -0.1) is 11.3 Å². The van der Waals surface area contributed by atoms with Gasteiger partial charge in [-0.3, -0.25) is 4.90 Å². The molecule has 1 aliphatic heterocycles. The summed E-state index contributed by atoms with van der Waals surface area (Å²) >= 11 is 1.67. The predicted molar refractivity (Wildman–Crippen MR) is 86.5 cm³/mol. The van der Waals surface area contributed by atoms with Crippen molar-refractivity contribution in [2.45, 2.75) is 26.3 Å². The first-order chi connectivity index (χ1) is 10.3. The second-order valence-electron chi connectivity index (χ2n) is 5.80. The Hall–Kier alpha value is -1.17. The standard InChI is InChI=1S/C16H23N3OS/c1-12-14(18-16(20-12)15-6-4-8-21-15)11-19-7-3-5-13(10-19)9-17-2/h4,6,8,13,17H,3,5,7,9-11H2,1-2H3. The molecule has 0 radical (unpaired) electrons. The molecule has 21 heavy (non-hydrogen) atoms. The molecular formula is C16H23N3OS. The van der Waals surface area contributed by atoms with E-state index in [0.29, 0.717) is 0 Å². The lowest BCUT2D eigenvalue weighted by molar-refractivity contribution is 0.164. The molecule has 4 nitrogen and oxygen atoms in total. The highest BCUT2D eigenvalue weighted by atomic mass is 32.1. The Morgan fingerprint density at radius 3 is 3.19 bits per heavy atom. The summed E-state index contributed by atoms with van der Waals surface area (Å²) in [6.07, 6.45) is 2.61. The van der Waals surface area contributed by atoms with E-state index >= 15 is 0 Å². The lowest BCUT2D eigenvalue weighted by Gasteiger charge is -2.32. The van der Waals surface area contributed by atoms with Crippen LogP contribution in [0.2, 0.25) is 0 Å². The molecule has 0 aliphatic carbocycles. The van der Waals surface area contributed by atoms with E-state index in [1.807, 2.05) is 20.0 Å². The highest BCUT2D eigenvalue weighted by Gasteiger charge is 2.21. The van der Waals surface area contributed by atoms with E-state index in [4.69, 9.17) is 9.40 Å². The molecule has 114 valence electrons. The summed E-state index contributed by atoms with van der Waals surface area (Å²) in [6.45, 7) is 6.35. The molecule has 2 aromatic heterocycles. The molecule has 5 heteroatoms. The maximum Gasteiger partial charge on any atom is 0.236 e. The van der Waals surface area contributed by atoms with Crippen LogP contribution in [0.5, 0.6) is 0 Å². The van der Waals surface area contributed by atoms with Gasteiger partial charge < -0.3 is 9.73 Å². The number of nitrogens with zero attached hydrogens (tertiary/aromatic N) is 2. The summed E-state index contributed by atoms with van der Waals surface area (Å²) in [5, 5.41) is 5.35. The van der Waals surface area contributed by atoms with Crippen LogP contribution in [0.25, 0.3) is 10.8 Å². The predicted octanol–water partition coefficient (Wildman–Crippen LogP) is 3.14. The van der Waals surface area contributed by atoms with Crippen LogP contribution < -0.4 is 5.32 Å². The summed E-state index contributed by atoms with van der Waals surface area (Å²) in [7, 11) is 2.04. The third-order valence-electron chi connectivity index (χ3n) is 4.09. The van der Waals surface area contributed by atoms with Crippen LogP contribution in [0, 0.1) is 12.8 Å². The third kappa shape index (κ3) is 3.54. The molecular weight excluding hydrogens is 282 g/mol. The first-order valence-electron chi connectivity index (χ1n) is 7.63. The molecule has 1 saturated heterocycles. The lowest BCUT2D eigenvalue weighted by Crippen LogP contribution is -2.38. The first-order valence-corrected chi connectivity index (χ1v) is 8.51. The summed E-state index contributed by atoms with van der Waals surface area (Å²) in [5.41, 5.74) is 1.09. The topological polar surface area (TPSA) is 41.3 Å². The number of aromatic nitrogens is 1. The van der Waals surface area contributed by atoms with Crippen LogP contribution in [-0.2, 0) is 6.54 Å². The molecule has 1 N–H and O–H groups in total. The average Bonchev–Trinajstić information content (AvgIpc) is 3.10. The van der Waals surface area contributed by atoms with Gasteiger partial charge in [-0.05, 0) is 57.3 Å². The zero-order valence-corrected chi connectivity index (χ0v) is 13.6. The molecule has 1 fully saturated rings. The van der Waals surface area contributed by atoms with Gasteiger partial charge >= 0.3 is 0 Å². The quantitative estimate of drug-likeness (QED) is 0.921. The lowest BCUT2D eigenvalue weighted by atomic mass is 9.98. The van der Waals surface area contributed by atoms with E-state index in [9.17, 15) is 0 Å². The maximum atomic E-state index is 5.84. The van der Waals surface area contributed by atoms with E-state index in [2.05, 4.69) is 21.7 Å². The Kier molecular flexibility index (Phi) is 4.73. The van der Waals surface area contributed by atoms with Crippen molar-refractivity contribution in [1.82, 2.24) is 15.2 Å². The number of rotatable bonds is 5. The van der Waals surface area contributed by atoms with Crippen molar-refractivity contribution in [1.29, 1.82) is 0 Å². The van der Waals surface area contributed by atoms with Gasteiger partial charge in [-0.2, -0.15) is 0 Å². The molecule has 0 aromatic carbocycles. The SMILES string of the molecule is CNCC1CCCN(Cc2nc(-c3cccs3)oc2C)C1. The van der Waals surface area contributed by atoms with E-state index in [1.165, 1.54) is 19.4 Å². The second-order valence-corrected chi connectivity index (χ2v) is 6.75. The van der Waals surface area contributed by atoms with Crippen molar-refractivity contribution >= 4 is 11.3 Å². The van der Waals surface area contributed by atoms with Crippen LogP contribution in [0.15, 0.2) is 21.9 Å². The second kappa shape index (κ2) is 6.73. The van der Waals surface area contributed by atoms with Crippen molar-refractivity contribution < 1.29 is 4.42 Å². The van der Waals surface area contributed by atoms with Crippen LogP contribution in [-0.4, -0.2) is 36.6 Å². The average molecular weight is 305 g/mol. The zero-order chi connectivity index (χ0) is 14.7. The van der Waals surface area contributed by atoms with Gasteiger partial charge in [0.1, 0.15) is 5.76 Å². The minimum absolute atomic E-state index is 0.757. The number of oxazole rings is 1. The molecule has 0 saturated carbocycles. The van der Waals surface area contributed by atoms with Gasteiger partial charge in [-0.1, -0.05) is 6.07 Å². The summed E-state index contributed by atoms with van der Waals surface area (Å²) < 4.78 is 5.84. The molecule has 2 aromatic rings. The Bertz CT molecular complexity index is 562. The van der Waals surface area contributed by atoms with Gasteiger partial charge in [0.05, 0.1) is 10.6 Å². The molecule has 0 amide bonds. The number of likely N-dealkylation sites (tertiary alicyclic amines) is 1. The molecule has 0 bridgehead atoms. The van der Waals surface area contributed by atoms with Crippen molar-refractivity contribution in [3.63, 3.8) is 0 Å². The number of hydrogen-bond donors (Lipinski definition) is 1. The van der Waals surface area contributed by atoms with Crippen molar-refractivity contribution in [2.75, 3.05) is 26.7 Å². The number of thiophene rings is 1. The minimum Gasteiger partial charge on any atom is -0.440 e. The molecule has 1 aliphatic rings. The fourth-order valence-corrected chi connectivity index (χ4v) is 3.69. The van der Waals surface area contributed by atoms with Crippen molar-refractivity contribution in [2.24, 2.45) is 5.92 Å². The Labute approximate surface area is 130 Å². The molecule has 0 spiro atoms. The van der Waals surface area contributed by atoms with Crippen molar-refractivity contribution in [3.05, 3.63) is 29.0 Å². The largest absolute Gasteiger partial charge is 0.440 e. The van der Waals surface area contributed by atoms with Crippen LogP contribution >= 0.6 is 11.3 Å². The van der Waals surface area contributed by atoms with Gasteiger partial charge in [0, 0.05) is 13.1 Å². The summed E-state index contributed by atoms with van der Waals surface area (Å²) in [6, 6.07) is 4.09. The smallest absolute Gasteiger partial charge is 0.236 e. The fraction of sp³-hybridized carbons (Fsp3) is 0.562. The van der Waals surface area contributed by atoms with E-state index in [1.54, 1.807) is 11.3 Å². The summed E-state index contributed by atoms with van der Waals surface area (Å²) in [4.78, 5) is 8.32.